The highest BCUT2D eigenvalue weighted by Gasteiger charge is 1.93. The van der Waals surface area contributed by atoms with Gasteiger partial charge in [-0.3, -0.25) is 0 Å². The maximum Gasteiger partial charge on any atom is 0.130 e. The number of rotatable bonds is 4. The first kappa shape index (κ1) is 9.13. The van der Waals surface area contributed by atoms with Crippen LogP contribution >= 0.6 is 11.8 Å². The molecule has 0 radical (unpaired) electrons. The van der Waals surface area contributed by atoms with Gasteiger partial charge in [0.1, 0.15) is 12.0 Å². The van der Waals surface area contributed by atoms with Gasteiger partial charge < -0.3 is 9.53 Å². The molecule has 12 heavy (non-hydrogen) atoms. The zero-order valence-electron chi connectivity index (χ0n) is 6.82. The molecule has 0 aliphatic heterocycles. The normalized spacial score (nSPS) is 9.42. The standard InChI is InChI=1S/C9H10O2S/c1-11-8-2-4-9(5-3-8)12-7-6-10/h2-6H,7H2,1H3. The van der Waals surface area contributed by atoms with Crippen molar-refractivity contribution in [2.24, 2.45) is 0 Å². The van der Waals surface area contributed by atoms with E-state index < -0.39 is 0 Å². The third-order valence-corrected chi connectivity index (χ3v) is 2.29. The Labute approximate surface area is 75.9 Å². The van der Waals surface area contributed by atoms with Crippen molar-refractivity contribution in [2.75, 3.05) is 12.9 Å². The molecule has 0 saturated carbocycles. The van der Waals surface area contributed by atoms with Crippen LogP contribution in [-0.4, -0.2) is 19.1 Å². The SMILES string of the molecule is COc1ccc(SCC=O)cc1. The molecule has 3 heteroatoms. The molecule has 0 N–H and O–H groups in total. The highest BCUT2D eigenvalue weighted by atomic mass is 32.2. The predicted octanol–water partition coefficient (Wildman–Crippen LogP) is 1.99. The summed E-state index contributed by atoms with van der Waals surface area (Å²) < 4.78 is 4.99. The van der Waals surface area contributed by atoms with Crippen molar-refractivity contribution < 1.29 is 9.53 Å². The summed E-state index contributed by atoms with van der Waals surface area (Å²) in [6, 6.07) is 7.64. The van der Waals surface area contributed by atoms with Crippen molar-refractivity contribution in [1.82, 2.24) is 0 Å². The van der Waals surface area contributed by atoms with E-state index in [4.69, 9.17) is 4.74 Å². The Balaban J connectivity index is 2.58. The number of carbonyl (C=O) groups is 1. The van der Waals surface area contributed by atoms with E-state index in [1.165, 1.54) is 11.8 Å². The summed E-state index contributed by atoms with van der Waals surface area (Å²) in [6.07, 6.45) is 0.898. The van der Waals surface area contributed by atoms with Gasteiger partial charge in [-0.1, -0.05) is 0 Å². The molecular formula is C9H10O2S. The summed E-state index contributed by atoms with van der Waals surface area (Å²) in [7, 11) is 1.63. The van der Waals surface area contributed by atoms with Crippen molar-refractivity contribution in [3.63, 3.8) is 0 Å². The number of aldehydes is 1. The Hall–Kier alpha value is -0.960. The third-order valence-electron chi connectivity index (χ3n) is 1.38. The Bertz CT molecular complexity index is 243. The van der Waals surface area contributed by atoms with Gasteiger partial charge in [0.2, 0.25) is 0 Å². The predicted molar refractivity (Wildman–Crippen MR) is 49.8 cm³/mol. The number of benzene rings is 1. The zero-order chi connectivity index (χ0) is 8.81. The molecule has 64 valence electrons. The maximum absolute atomic E-state index is 10.1. The van der Waals surface area contributed by atoms with Crippen LogP contribution in [-0.2, 0) is 4.79 Å². The number of thioether (sulfide) groups is 1. The summed E-state index contributed by atoms with van der Waals surface area (Å²) in [5.41, 5.74) is 0. The minimum atomic E-state index is 0.506. The van der Waals surface area contributed by atoms with Gasteiger partial charge in [0.25, 0.3) is 0 Å². The van der Waals surface area contributed by atoms with Gasteiger partial charge in [-0.05, 0) is 24.3 Å². The first-order valence-corrected chi connectivity index (χ1v) is 4.56. The van der Waals surface area contributed by atoms with Crippen LogP contribution in [0.2, 0.25) is 0 Å². The van der Waals surface area contributed by atoms with E-state index in [-0.39, 0.29) is 0 Å². The lowest BCUT2D eigenvalue weighted by atomic mass is 10.3. The fourth-order valence-electron chi connectivity index (χ4n) is 0.802. The molecular weight excluding hydrogens is 172 g/mol. The van der Waals surface area contributed by atoms with Crippen molar-refractivity contribution >= 4 is 18.0 Å². The van der Waals surface area contributed by atoms with Crippen LogP contribution in [0.15, 0.2) is 29.2 Å². The van der Waals surface area contributed by atoms with Crippen LogP contribution < -0.4 is 4.74 Å². The van der Waals surface area contributed by atoms with Crippen molar-refractivity contribution in [3.05, 3.63) is 24.3 Å². The number of hydrogen-bond donors (Lipinski definition) is 0. The Morgan fingerprint density at radius 2 is 2.08 bits per heavy atom. The molecule has 0 saturated heterocycles. The van der Waals surface area contributed by atoms with Crippen LogP contribution in [0.5, 0.6) is 5.75 Å². The summed E-state index contributed by atoms with van der Waals surface area (Å²) >= 11 is 1.52. The lowest BCUT2D eigenvalue weighted by Crippen LogP contribution is -1.82. The Morgan fingerprint density at radius 3 is 2.58 bits per heavy atom. The van der Waals surface area contributed by atoms with Crippen molar-refractivity contribution in [3.8, 4) is 5.75 Å². The van der Waals surface area contributed by atoms with E-state index in [0.717, 1.165) is 16.9 Å². The fourth-order valence-corrected chi connectivity index (χ4v) is 1.39. The first-order chi connectivity index (χ1) is 5.86. The largest absolute Gasteiger partial charge is 0.497 e. The Kier molecular flexibility index (Phi) is 3.67. The molecule has 0 bridgehead atoms. The molecule has 0 aliphatic carbocycles. The molecule has 0 fully saturated rings. The summed E-state index contributed by atoms with van der Waals surface area (Å²) in [6.45, 7) is 0. The van der Waals surface area contributed by atoms with Crippen LogP contribution in [0.1, 0.15) is 0 Å². The Morgan fingerprint density at radius 1 is 1.42 bits per heavy atom. The van der Waals surface area contributed by atoms with Crippen LogP contribution in [0.25, 0.3) is 0 Å². The first-order valence-electron chi connectivity index (χ1n) is 3.57. The second-order valence-electron chi connectivity index (χ2n) is 2.15. The molecule has 1 rings (SSSR count). The number of ether oxygens (including phenoxy) is 1. The number of hydrogen-bond acceptors (Lipinski definition) is 3. The van der Waals surface area contributed by atoms with E-state index >= 15 is 0 Å². The highest BCUT2D eigenvalue weighted by Crippen LogP contribution is 2.20. The lowest BCUT2D eigenvalue weighted by Gasteiger charge is -2.00. The average Bonchev–Trinajstić information content (AvgIpc) is 2.15. The van der Waals surface area contributed by atoms with Crippen LogP contribution in [0.4, 0.5) is 0 Å². The van der Waals surface area contributed by atoms with Gasteiger partial charge in [0.15, 0.2) is 0 Å². The third kappa shape index (κ3) is 2.58. The quantitative estimate of drug-likeness (QED) is 0.526. The van der Waals surface area contributed by atoms with Gasteiger partial charge in [-0.15, -0.1) is 11.8 Å². The maximum atomic E-state index is 10.1. The molecule has 0 spiro atoms. The summed E-state index contributed by atoms with van der Waals surface area (Å²) in [5, 5.41) is 0. The molecule has 0 amide bonds. The van der Waals surface area contributed by atoms with E-state index in [1.807, 2.05) is 24.3 Å². The van der Waals surface area contributed by atoms with Crippen molar-refractivity contribution in [2.45, 2.75) is 4.90 Å². The van der Waals surface area contributed by atoms with E-state index in [1.54, 1.807) is 7.11 Å². The molecule has 2 nitrogen and oxygen atoms in total. The molecule has 1 aromatic rings. The van der Waals surface area contributed by atoms with Gasteiger partial charge >= 0.3 is 0 Å². The molecule has 1 aromatic carbocycles. The van der Waals surface area contributed by atoms with Gasteiger partial charge in [0, 0.05) is 4.90 Å². The van der Waals surface area contributed by atoms with Gasteiger partial charge in [-0.2, -0.15) is 0 Å². The topological polar surface area (TPSA) is 26.3 Å². The summed E-state index contributed by atoms with van der Waals surface area (Å²) in [4.78, 5) is 11.1. The molecule has 0 aromatic heterocycles. The van der Waals surface area contributed by atoms with Gasteiger partial charge in [0.05, 0.1) is 12.9 Å². The molecule has 0 heterocycles. The highest BCUT2D eigenvalue weighted by molar-refractivity contribution is 7.99. The molecule has 0 atom stereocenters. The molecule has 0 unspecified atom stereocenters. The van der Waals surface area contributed by atoms with Gasteiger partial charge in [-0.25, -0.2) is 0 Å². The zero-order valence-corrected chi connectivity index (χ0v) is 7.64. The monoisotopic (exact) mass is 182 g/mol. The number of carbonyl (C=O) groups excluding carboxylic acids is 1. The van der Waals surface area contributed by atoms with E-state index in [2.05, 4.69) is 0 Å². The van der Waals surface area contributed by atoms with E-state index in [0.29, 0.717) is 5.75 Å². The minimum absolute atomic E-state index is 0.506. The average molecular weight is 182 g/mol. The lowest BCUT2D eigenvalue weighted by molar-refractivity contribution is -0.105. The second kappa shape index (κ2) is 4.83. The second-order valence-corrected chi connectivity index (χ2v) is 3.25. The van der Waals surface area contributed by atoms with Crippen LogP contribution in [0, 0.1) is 0 Å². The smallest absolute Gasteiger partial charge is 0.130 e. The summed E-state index contributed by atoms with van der Waals surface area (Å²) in [5.74, 6) is 1.34. The van der Waals surface area contributed by atoms with E-state index in [9.17, 15) is 4.79 Å². The van der Waals surface area contributed by atoms with Crippen LogP contribution in [0.3, 0.4) is 0 Å². The minimum Gasteiger partial charge on any atom is -0.497 e. The number of methoxy groups -OCH3 is 1. The fraction of sp³-hybridized carbons (Fsp3) is 0.222. The van der Waals surface area contributed by atoms with Crippen molar-refractivity contribution in [1.29, 1.82) is 0 Å². The molecule has 0 aliphatic rings.